The fourth-order valence-corrected chi connectivity index (χ4v) is 3.95. The van der Waals surface area contributed by atoms with Crippen molar-refractivity contribution in [2.24, 2.45) is 0 Å². The first-order valence-corrected chi connectivity index (χ1v) is 9.05. The molecule has 1 heterocycles. The van der Waals surface area contributed by atoms with Crippen LogP contribution in [0, 0.1) is 0 Å². The highest BCUT2D eigenvalue weighted by atomic mass is 15.0. The van der Waals surface area contributed by atoms with Crippen LogP contribution in [0.2, 0.25) is 0 Å². The van der Waals surface area contributed by atoms with Crippen molar-refractivity contribution in [1.29, 1.82) is 0 Å². The highest BCUT2D eigenvalue weighted by Gasteiger charge is 2.32. The first-order chi connectivity index (χ1) is 12.9. The largest absolute Gasteiger partial charge is 0.407 e. The predicted molar refractivity (Wildman–Crippen MR) is 112 cm³/mol. The van der Waals surface area contributed by atoms with Crippen LogP contribution in [0.1, 0.15) is 11.5 Å². The highest BCUT2D eigenvalue weighted by molar-refractivity contribution is 6.81. The molecule has 5 rings (SSSR count). The molecule has 3 aromatic rings. The van der Waals surface area contributed by atoms with Crippen LogP contribution in [-0.2, 0) is 0 Å². The van der Waals surface area contributed by atoms with Crippen LogP contribution < -0.4 is 15.9 Å². The Labute approximate surface area is 154 Å². The lowest BCUT2D eigenvalue weighted by Crippen LogP contribution is -2.51. The Bertz CT molecular complexity index is 994. The minimum atomic E-state index is 0.0286. The number of para-hydroxylation sites is 2. The van der Waals surface area contributed by atoms with E-state index in [1.165, 1.54) is 27.8 Å². The fourth-order valence-electron chi connectivity index (χ4n) is 3.95. The number of fused-ring (bicyclic) bond motifs is 3. The molecule has 26 heavy (non-hydrogen) atoms. The van der Waals surface area contributed by atoms with Crippen molar-refractivity contribution >= 4 is 23.8 Å². The number of hydrogen-bond acceptors (Lipinski definition) is 2. The SMILES string of the molecule is C1=CC(c2cccc3c2B(Nc2ccccc2)Nc2ccccc2-3)C=C1. The molecular weight excluding hydrogens is 315 g/mol. The summed E-state index contributed by atoms with van der Waals surface area (Å²) < 4.78 is 0. The Morgan fingerprint density at radius 2 is 1.46 bits per heavy atom. The number of allylic oxidation sites excluding steroid dienone is 4. The van der Waals surface area contributed by atoms with Crippen molar-refractivity contribution in [3.63, 3.8) is 0 Å². The van der Waals surface area contributed by atoms with Gasteiger partial charge in [0.05, 0.1) is 0 Å². The molecule has 1 aliphatic carbocycles. The molecule has 0 spiro atoms. The van der Waals surface area contributed by atoms with E-state index in [9.17, 15) is 0 Å². The topological polar surface area (TPSA) is 24.1 Å². The summed E-state index contributed by atoms with van der Waals surface area (Å²) in [7, 11) is 0. The second kappa shape index (κ2) is 6.27. The van der Waals surface area contributed by atoms with Crippen LogP contribution in [0.15, 0.2) is 97.1 Å². The van der Waals surface area contributed by atoms with Crippen LogP contribution in [-0.4, -0.2) is 6.98 Å². The Hall–Kier alpha value is -3.20. The normalized spacial score (nSPS) is 14.7. The number of anilines is 2. The highest BCUT2D eigenvalue weighted by Crippen LogP contribution is 2.34. The number of rotatable bonds is 3. The van der Waals surface area contributed by atoms with Crippen molar-refractivity contribution < 1.29 is 0 Å². The molecule has 1 aliphatic heterocycles. The number of nitrogens with one attached hydrogen (secondary N) is 2. The Kier molecular flexibility index (Phi) is 3.64. The summed E-state index contributed by atoms with van der Waals surface area (Å²) in [5, 5.41) is 7.39. The van der Waals surface area contributed by atoms with E-state index in [0.29, 0.717) is 5.92 Å². The lowest BCUT2D eigenvalue weighted by molar-refractivity contribution is 1.12. The van der Waals surface area contributed by atoms with Gasteiger partial charge in [0.2, 0.25) is 0 Å². The average molecular weight is 334 g/mol. The third-order valence-electron chi connectivity index (χ3n) is 5.14. The molecule has 0 unspecified atom stereocenters. The van der Waals surface area contributed by atoms with Crippen LogP contribution >= 0.6 is 0 Å². The molecule has 0 amide bonds. The van der Waals surface area contributed by atoms with E-state index in [4.69, 9.17) is 0 Å². The van der Waals surface area contributed by atoms with Gasteiger partial charge in [0.15, 0.2) is 0 Å². The summed E-state index contributed by atoms with van der Waals surface area (Å²) in [4.78, 5) is 0. The van der Waals surface area contributed by atoms with E-state index in [0.717, 1.165) is 5.69 Å². The minimum Gasteiger partial charge on any atom is -0.405 e. The molecule has 0 radical (unpaired) electrons. The van der Waals surface area contributed by atoms with Crippen LogP contribution in [0.4, 0.5) is 11.4 Å². The van der Waals surface area contributed by atoms with E-state index in [2.05, 4.69) is 101 Å². The fraction of sp³-hybridized carbons (Fsp3) is 0.0435. The van der Waals surface area contributed by atoms with Gasteiger partial charge < -0.3 is 10.5 Å². The monoisotopic (exact) mass is 334 g/mol. The first kappa shape index (κ1) is 15.1. The van der Waals surface area contributed by atoms with Gasteiger partial charge in [0.1, 0.15) is 0 Å². The van der Waals surface area contributed by atoms with Crippen LogP contribution in [0.25, 0.3) is 11.1 Å². The van der Waals surface area contributed by atoms with Gasteiger partial charge >= 0.3 is 6.98 Å². The third-order valence-corrected chi connectivity index (χ3v) is 5.14. The second-order valence-corrected chi connectivity index (χ2v) is 6.74. The van der Waals surface area contributed by atoms with Gasteiger partial charge in [-0.15, -0.1) is 0 Å². The van der Waals surface area contributed by atoms with E-state index in [1.807, 2.05) is 6.07 Å². The molecule has 2 N–H and O–H groups in total. The van der Waals surface area contributed by atoms with Gasteiger partial charge in [-0.25, -0.2) is 0 Å². The quantitative estimate of drug-likeness (QED) is 0.673. The van der Waals surface area contributed by atoms with Gasteiger partial charge in [-0.2, -0.15) is 0 Å². The molecule has 2 aliphatic rings. The lowest BCUT2D eigenvalue weighted by Gasteiger charge is -2.31. The van der Waals surface area contributed by atoms with Crippen molar-refractivity contribution in [3.05, 3.63) is 103 Å². The standard InChI is InChI=1S/C23H19BN2/c1-2-11-18(12-3-1)25-24-23-19(17-9-4-5-10-17)14-8-15-21(23)20-13-6-7-16-22(20)26-24/h1-17,25-26H. The zero-order chi connectivity index (χ0) is 17.3. The average Bonchev–Trinajstić information content (AvgIpc) is 3.23. The molecule has 3 heteroatoms. The number of benzene rings is 3. The maximum atomic E-state index is 3.71. The summed E-state index contributed by atoms with van der Waals surface area (Å²) in [6, 6.07) is 25.6. The van der Waals surface area contributed by atoms with Gasteiger partial charge in [0.25, 0.3) is 0 Å². The van der Waals surface area contributed by atoms with Crippen molar-refractivity contribution in [2.45, 2.75) is 5.92 Å². The van der Waals surface area contributed by atoms with Crippen molar-refractivity contribution in [2.75, 3.05) is 10.5 Å². The molecule has 3 aromatic carbocycles. The zero-order valence-electron chi connectivity index (χ0n) is 14.4. The van der Waals surface area contributed by atoms with Crippen LogP contribution in [0.3, 0.4) is 0 Å². The lowest BCUT2D eigenvalue weighted by atomic mass is 9.59. The minimum absolute atomic E-state index is 0.0286. The zero-order valence-corrected chi connectivity index (χ0v) is 14.4. The maximum absolute atomic E-state index is 3.71. The Balaban J connectivity index is 1.67. The van der Waals surface area contributed by atoms with Crippen molar-refractivity contribution in [3.8, 4) is 11.1 Å². The summed E-state index contributed by atoms with van der Waals surface area (Å²) in [6.07, 6.45) is 8.78. The maximum Gasteiger partial charge on any atom is 0.407 e. The van der Waals surface area contributed by atoms with E-state index >= 15 is 0 Å². The molecule has 0 fully saturated rings. The molecular formula is C23H19BN2. The first-order valence-electron chi connectivity index (χ1n) is 9.05. The second-order valence-electron chi connectivity index (χ2n) is 6.74. The van der Waals surface area contributed by atoms with Gasteiger partial charge in [-0.1, -0.05) is 78.9 Å². The molecule has 124 valence electrons. The smallest absolute Gasteiger partial charge is 0.405 e. The molecule has 0 bridgehead atoms. The molecule has 2 nitrogen and oxygen atoms in total. The summed E-state index contributed by atoms with van der Waals surface area (Å²) >= 11 is 0. The summed E-state index contributed by atoms with van der Waals surface area (Å²) in [6.45, 7) is 0.0286. The Morgan fingerprint density at radius 1 is 0.731 bits per heavy atom. The van der Waals surface area contributed by atoms with Crippen molar-refractivity contribution in [1.82, 2.24) is 0 Å². The summed E-state index contributed by atoms with van der Waals surface area (Å²) in [5.41, 5.74) is 7.53. The van der Waals surface area contributed by atoms with Gasteiger partial charge in [-0.3, -0.25) is 0 Å². The number of hydrogen-bond donors (Lipinski definition) is 2. The van der Waals surface area contributed by atoms with E-state index in [1.54, 1.807) is 0 Å². The van der Waals surface area contributed by atoms with Gasteiger partial charge in [0, 0.05) is 22.9 Å². The molecule has 0 saturated heterocycles. The molecule has 0 saturated carbocycles. The molecule has 0 aromatic heterocycles. The van der Waals surface area contributed by atoms with E-state index < -0.39 is 0 Å². The third kappa shape index (κ3) is 2.53. The van der Waals surface area contributed by atoms with Gasteiger partial charge in [-0.05, 0) is 34.8 Å². The molecule has 0 atom stereocenters. The Morgan fingerprint density at radius 3 is 2.31 bits per heavy atom. The van der Waals surface area contributed by atoms with E-state index in [-0.39, 0.29) is 6.98 Å². The predicted octanol–water partition coefficient (Wildman–Crippen LogP) is 4.80. The summed E-state index contributed by atoms with van der Waals surface area (Å²) in [5.74, 6) is 0.331. The van der Waals surface area contributed by atoms with Crippen LogP contribution in [0.5, 0.6) is 0 Å².